The van der Waals surface area contributed by atoms with E-state index >= 15 is 0 Å². The summed E-state index contributed by atoms with van der Waals surface area (Å²) in [5.74, 6) is 3.25. The minimum absolute atomic E-state index is 0.111. The topological polar surface area (TPSA) is 20.2 Å². The van der Waals surface area contributed by atoms with E-state index in [4.69, 9.17) is 0 Å². The largest absolute Gasteiger partial charge is 0.393 e. The predicted octanol–water partition coefficient (Wildman–Crippen LogP) is 7.23. The third-order valence-corrected chi connectivity index (χ3v) is 9.48. The summed E-state index contributed by atoms with van der Waals surface area (Å²) in [7, 11) is 0. The number of rotatable bonds is 4. The number of aliphatic hydroxyl groups excluding tert-OH is 1. The van der Waals surface area contributed by atoms with Crippen LogP contribution in [0.25, 0.3) is 0 Å². The molecule has 0 heterocycles. The molecular formula is C27H42O. The standard InChI is InChI=1S/C27H42O/c1-18(2)7-6-8-19(3)23-11-12-24-22-10-9-20-17-21(28)13-15-26(20,4)25(22)14-16-27(23,24)5/h7,9-10,19,21,23-25,28H,6,8,11-17H2,1-5H3/t19-,21+,23-,24+,25+,26+,27?/m1/s1. The monoisotopic (exact) mass is 382 g/mol. The van der Waals surface area contributed by atoms with Crippen molar-refractivity contribution in [3.8, 4) is 0 Å². The van der Waals surface area contributed by atoms with E-state index in [9.17, 15) is 5.11 Å². The second-order valence-corrected chi connectivity index (χ2v) is 11.3. The summed E-state index contributed by atoms with van der Waals surface area (Å²) in [5.41, 5.74) is 5.60. The lowest BCUT2D eigenvalue weighted by molar-refractivity contribution is 0.0328. The van der Waals surface area contributed by atoms with E-state index in [0.29, 0.717) is 10.8 Å². The molecule has 7 atom stereocenters. The summed E-state index contributed by atoms with van der Waals surface area (Å²) in [6.45, 7) is 12.1. The maximum atomic E-state index is 10.2. The summed E-state index contributed by atoms with van der Waals surface area (Å²) < 4.78 is 0. The van der Waals surface area contributed by atoms with Gasteiger partial charge in [-0.3, -0.25) is 0 Å². The predicted molar refractivity (Wildman–Crippen MR) is 119 cm³/mol. The number of hydrogen-bond acceptors (Lipinski definition) is 1. The maximum Gasteiger partial charge on any atom is 0.0578 e. The van der Waals surface area contributed by atoms with Gasteiger partial charge < -0.3 is 5.11 Å². The molecule has 1 N–H and O–H groups in total. The van der Waals surface area contributed by atoms with Gasteiger partial charge in [0.15, 0.2) is 0 Å². The Labute approximate surface area is 173 Å². The molecule has 0 aromatic rings. The van der Waals surface area contributed by atoms with Crippen molar-refractivity contribution in [1.82, 2.24) is 0 Å². The molecule has 0 aromatic carbocycles. The van der Waals surface area contributed by atoms with Gasteiger partial charge in [0.05, 0.1) is 6.10 Å². The lowest BCUT2D eigenvalue weighted by atomic mass is 9.50. The van der Waals surface area contributed by atoms with Crippen molar-refractivity contribution in [3.63, 3.8) is 0 Å². The molecule has 1 nitrogen and oxygen atoms in total. The van der Waals surface area contributed by atoms with Gasteiger partial charge in [-0.05, 0) is 106 Å². The average Bonchev–Trinajstić information content (AvgIpc) is 2.99. The highest BCUT2D eigenvalue weighted by Gasteiger charge is 2.56. The molecular weight excluding hydrogens is 340 g/mol. The molecule has 0 amide bonds. The minimum Gasteiger partial charge on any atom is -0.393 e. The van der Waals surface area contributed by atoms with Crippen molar-refractivity contribution in [2.45, 2.75) is 98.5 Å². The van der Waals surface area contributed by atoms with Crippen molar-refractivity contribution in [1.29, 1.82) is 0 Å². The fraction of sp³-hybridized carbons (Fsp3) is 0.778. The van der Waals surface area contributed by atoms with Gasteiger partial charge in [-0.2, -0.15) is 0 Å². The van der Waals surface area contributed by atoms with Crippen LogP contribution in [0.4, 0.5) is 0 Å². The van der Waals surface area contributed by atoms with Gasteiger partial charge in [-0.1, -0.05) is 55.7 Å². The molecule has 0 spiro atoms. The van der Waals surface area contributed by atoms with Crippen LogP contribution < -0.4 is 0 Å². The fourth-order valence-electron chi connectivity index (χ4n) is 7.79. The van der Waals surface area contributed by atoms with Crippen LogP contribution >= 0.6 is 0 Å². The highest BCUT2D eigenvalue weighted by molar-refractivity contribution is 5.38. The minimum atomic E-state index is -0.111. The molecule has 0 radical (unpaired) electrons. The smallest absolute Gasteiger partial charge is 0.0578 e. The molecule has 3 fully saturated rings. The molecule has 28 heavy (non-hydrogen) atoms. The number of aliphatic hydroxyl groups is 1. The second-order valence-electron chi connectivity index (χ2n) is 11.3. The Bertz CT molecular complexity index is 693. The van der Waals surface area contributed by atoms with Gasteiger partial charge in [-0.25, -0.2) is 0 Å². The third-order valence-electron chi connectivity index (χ3n) is 9.48. The van der Waals surface area contributed by atoms with Crippen LogP contribution in [0.1, 0.15) is 92.4 Å². The van der Waals surface area contributed by atoms with E-state index in [2.05, 4.69) is 52.8 Å². The van der Waals surface area contributed by atoms with Gasteiger partial charge in [0.2, 0.25) is 0 Å². The Morgan fingerprint density at radius 1 is 1.11 bits per heavy atom. The Balaban J connectivity index is 1.55. The van der Waals surface area contributed by atoms with Crippen LogP contribution in [-0.2, 0) is 0 Å². The molecule has 1 unspecified atom stereocenters. The lowest BCUT2D eigenvalue weighted by Crippen LogP contribution is -2.46. The zero-order valence-corrected chi connectivity index (χ0v) is 18.9. The van der Waals surface area contributed by atoms with E-state index in [1.165, 1.54) is 56.1 Å². The highest BCUT2D eigenvalue weighted by Crippen LogP contribution is 2.66. The molecule has 0 aliphatic heterocycles. The zero-order valence-electron chi connectivity index (χ0n) is 18.9. The number of fused-ring (bicyclic) bond motifs is 5. The van der Waals surface area contributed by atoms with Crippen LogP contribution in [0.5, 0.6) is 0 Å². The molecule has 3 saturated carbocycles. The molecule has 156 valence electrons. The van der Waals surface area contributed by atoms with Crippen LogP contribution in [0.2, 0.25) is 0 Å². The number of hydrogen-bond donors (Lipinski definition) is 1. The van der Waals surface area contributed by atoms with Crippen molar-refractivity contribution >= 4 is 0 Å². The van der Waals surface area contributed by atoms with Crippen molar-refractivity contribution in [2.24, 2.45) is 34.5 Å². The van der Waals surface area contributed by atoms with Gasteiger partial charge in [0.1, 0.15) is 0 Å². The Hall–Kier alpha value is -0.820. The summed E-state index contributed by atoms with van der Waals surface area (Å²) in [4.78, 5) is 0. The molecule has 4 rings (SSSR count). The van der Waals surface area contributed by atoms with Gasteiger partial charge >= 0.3 is 0 Å². The summed E-state index contributed by atoms with van der Waals surface area (Å²) in [5, 5.41) is 10.2. The molecule has 4 aliphatic rings. The molecule has 0 aromatic heterocycles. The first-order chi connectivity index (χ1) is 13.3. The second kappa shape index (κ2) is 7.46. The Kier molecular flexibility index (Phi) is 5.45. The first-order valence-electron chi connectivity index (χ1n) is 12.0. The van der Waals surface area contributed by atoms with Gasteiger partial charge in [0.25, 0.3) is 0 Å². The van der Waals surface area contributed by atoms with Crippen molar-refractivity contribution < 1.29 is 5.11 Å². The van der Waals surface area contributed by atoms with E-state index in [1.807, 2.05) is 0 Å². The van der Waals surface area contributed by atoms with Crippen molar-refractivity contribution in [2.75, 3.05) is 0 Å². The van der Waals surface area contributed by atoms with Crippen LogP contribution in [0.15, 0.2) is 34.9 Å². The van der Waals surface area contributed by atoms with E-state index in [1.54, 1.807) is 5.57 Å². The van der Waals surface area contributed by atoms with E-state index in [0.717, 1.165) is 36.5 Å². The van der Waals surface area contributed by atoms with Crippen LogP contribution in [0.3, 0.4) is 0 Å². The average molecular weight is 383 g/mol. The van der Waals surface area contributed by atoms with Gasteiger partial charge in [-0.15, -0.1) is 0 Å². The number of allylic oxidation sites excluding steroid dienone is 5. The maximum absolute atomic E-state index is 10.2. The summed E-state index contributed by atoms with van der Waals surface area (Å²) >= 11 is 0. The summed E-state index contributed by atoms with van der Waals surface area (Å²) in [6.07, 6.45) is 18.5. The Morgan fingerprint density at radius 3 is 2.64 bits per heavy atom. The normalized spacial score (nSPS) is 43.2. The molecule has 1 heteroatoms. The Morgan fingerprint density at radius 2 is 1.89 bits per heavy atom. The molecule has 0 saturated heterocycles. The van der Waals surface area contributed by atoms with Crippen LogP contribution in [0, 0.1) is 34.5 Å². The summed E-state index contributed by atoms with van der Waals surface area (Å²) in [6, 6.07) is 0. The van der Waals surface area contributed by atoms with E-state index in [-0.39, 0.29) is 6.10 Å². The fourth-order valence-corrected chi connectivity index (χ4v) is 7.79. The molecule has 0 bridgehead atoms. The lowest BCUT2D eigenvalue weighted by Gasteiger charge is -2.55. The van der Waals surface area contributed by atoms with Crippen molar-refractivity contribution in [3.05, 3.63) is 34.9 Å². The first kappa shape index (κ1) is 20.5. The van der Waals surface area contributed by atoms with Crippen LogP contribution in [-0.4, -0.2) is 11.2 Å². The third kappa shape index (κ3) is 3.26. The van der Waals surface area contributed by atoms with E-state index < -0.39 is 0 Å². The zero-order chi connectivity index (χ0) is 20.1. The quantitative estimate of drug-likeness (QED) is 0.508. The molecule has 4 aliphatic carbocycles. The highest BCUT2D eigenvalue weighted by atomic mass is 16.3. The first-order valence-corrected chi connectivity index (χ1v) is 12.0. The van der Waals surface area contributed by atoms with Gasteiger partial charge in [0, 0.05) is 0 Å². The SMILES string of the molecule is CC(C)=CCC[C@@H](C)[C@H]1CC[C@H]2C3=CC=C4C[C@@H](O)CC[C@]4(C)[C@H]3CCC12C.